The maximum Gasteiger partial charge on any atom is 0.293 e. The Bertz CT molecular complexity index is 1050. The molecule has 0 saturated carbocycles. The number of carbonyl (C=O) groups is 1. The van der Waals surface area contributed by atoms with E-state index in [1.165, 1.54) is 12.3 Å². The summed E-state index contributed by atoms with van der Waals surface area (Å²) >= 11 is 5.96. The molecule has 6 heteroatoms. The van der Waals surface area contributed by atoms with Crippen molar-refractivity contribution in [1.29, 1.82) is 0 Å². The lowest BCUT2D eigenvalue weighted by atomic mass is 9.94. The number of rotatable bonds is 3. The first kappa shape index (κ1) is 19.2. The lowest BCUT2D eigenvalue weighted by molar-refractivity contribution is -0.132. The van der Waals surface area contributed by atoms with E-state index in [4.69, 9.17) is 21.1 Å². The molecule has 1 fully saturated rings. The first-order chi connectivity index (χ1) is 14.6. The number of benzene rings is 1. The summed E-state index contributed by atoms with van der Waals surface area (Å²) in [5.41, 5.74) is 3.03. The number of ether oxygens (including phenoxy) is 2. The zero-order valence-corrected chi connectivity index (χ0v) is 17.1. The molecular formula is C24H21ClFNO3. The zero-order chi connectivity index (χ0) is 20.7. The highest BCUT2D eigenvalue weighted by Crippen LogP contribution is 2.40. The van der Waals surface area contributed by atoms with E-state index in [2.05, 4.69) is 12.2 Å². The quantitative estimate of drug-likeness (QED) is 0.629. The smallest absolute Gasteiger partial charge is 0.293 e. The van der Waals surface area contributed by atoms with Crippen molar-refractivity contribution in [2.45, 2.75) is 44.2 Å². The fraction of sp³-hybridized carbons (Fsp3) is 0.292. The number of hydrogen-bond acceptors (Lipinski definition) is 3. The van der Waals surface area contributed by atoms with Gasteiger partial charge in [0.05, 0.1) is 11.1 Å². The fourth-order valence-electron chi connectivity index (χ4n) is 4.55. The van der Waals surface area contributed by atoms with E-state index in [1.54, 1.807) is 18.4 Å². The van der Waals surface area contributed by atoms with Crippen molar-refractivity contribution in [2.75, 3.05) is 0 Å². The van der Waals surface area contributed by atoms with E-state index < -0.39 is 5.82 Å². The van der Waals surface area contributed by atoms with Crippen LogP contribution in [0.2, 0.25) is 5.02 Å². The van der Waals surface area contributed by atoms with Gasteiger partial charge in [-0.15, -0.1) is 0 Å². The second kappa shape index (κ2) is 7.80. The van der Waals surface area contributed by atoms with Crippen molar-refractivity contribution < 1.29 is 18.7 Å². The van der Waals surface area contributed by atoms with Crippen LogP contribution in [0.3, 0.4) is 0 Å². The van der Waals surface area contributed by atoms with Crippen molar-refractivity contribution in [2.24, 2.45) is 0 Å². The van der Waals surface area contributed by atoms with Crippen molar-refractivity contribution in [3.05, 3.63) is 88.5 Å². The Balaban J connectivity index is 1.34. The Kier molecular flexibility index (Phi) is 4.99. The molecule has 0 spiro atoms. The first-order valence-corrected chi connectivity index (χ1v) is 10.6. The predicted octanol–water partition coefficient (Wildman–Crippen LogP) is 5.63. The molecule has 1 saturated heterocycles. The van der Waals surface area contributed by atoms with E-state index >= 15 is 0 Å². The molecule has 3 heterocycles. The fourth-order valence-corrected chi connectivity index (χ4v) is 4.73. The van der Waals surface area contributed by atoms with Gasteiger partial charge in [0.2, 0.25) is 5.76 Å². The second-order valence-electron chi connectivity index (χ2n) is 7.90. The topological polar surface area (TPSA) is 38.8 Å². The van der Waals surface area contributed by atoms with Crippen molar-refractivity contribution in [3.8, 4) is 0 Å². The second-order valence-corrected chi connectivity index (χ2v) is 8.30. The summed E-state index contributed by atoms with van der Waals surface area (Å²) in [6.45, 7) is 0. The van der Waals surface area contributed by atoms with Gasteiger partial charge in [0.25, 0.3) is 5.91 Å². The standard InChI is InChI=1S/C24H21ClFNO3/c25-20-12-16(6-9-21(20)26)17-10-18-7-8-19(11-17)27(18)24(28)23-14-29-13-22(30-23)15-4-2-1-3-5-15/h1-2,4,6,9-10,12-14,18-19H,3,5,7-8,11H2. The van der Waals surface area contributed by atoms with Gasteiger partial charge in [0.15, 0.2) is 5.76 Å². The number of carbonyl (C=O) groups excluding carboxylic acids is 1. The number of hydrogen-bond donors (Lipinski definition) is 0. The minimum atomic E-state index is -0.426. The molecule has 5 rings (SSSR count). The first-order valence-electron chi connectivity index (χ1n) is 10.2. The molecule has 4 nitrogen and oxygen atoms in total. The number of amides is 1. The van der Waals surface area contributed by atoms with Crippen LogP contribution in [-0.2, 0) is 14.3 Å². The molecule has 0 aromatic heterocycles. The number of nitrogens with zero attached hydrogens (tertiary/aromatic N) is 1. The average molecular weight is 426 g/mol. The predicted molar refractivity (Wildman–Crippen MR) is 112 cm³/mol. The minimum absolute atomic E-state index is 0.0224. The monoisotopic (exact) mass is 425 g/mol. The Labute approximate surface area is 179 Å². The van der Waals surface area contributed by atoms with Crippen molar-refractivity contribution >= 4 is 23.1 Å². The van der Waals surface area contributed by atoms with Gasteiger partial charge >= 0.3 is 0 Å². The highest BCUT2D eigenvalue weighted by Gasteiger charge is 2.42. The Morgan fingerprint density at radius 3 is 2.87 bits per heavy atom. The van der Waals surface area contributed by atoms with Gasteiger partial charge in [0, 0.05) is 6.04 Å². The number of halogens is 2. The molecule has 4 aliphatic rings. The summed E-state index contributed by atoms with van der Waals surface area (Å²) in [6, 6.07) is 4.84. The van der Waals surface area contributed by atoms with Crippen LogP contribution in [0.25, 0.3) is 5.57 Å². The van der Waals surface area contributed by atoms with Crippen LogP contribution < -0.4 is 0 Å². The van der Waals surface area contributed by atoms with Crippen LogP contribution in [-0.4, -0.2) is 22.9 Å². The highest BCUT2D eigenvalue weighted by atomic mass is 35.5. The molecule has 0 radical (unpaired) electrons. The van der Waals surface area contributed by atoms with Crippen LogP contribution in [0.4, 0.5) is 4.39 Å². The minimum Gasteiger partial charge on any atom is -0.465 e. The maximum atomic E-state index is 13.5. The third kappa shape index (κ3) is 3.47. The average Bonchev–Trinajstić information content (AvgIpc) is 3.05. The molecule has 1 aromatic rings. The molecule has 3 aliphatic heterocycles. The third-order valence-corrected chi connectivity index (χ3v) is 6.32. The van der Waals surface area contributed by atoms with Crippen LogP contribution in [0, 0.1) is 5.82 Å². The van der Waals surface area contributed by atoms with E-state index in [-0.39, 0.29) is 28.8 Å². The molecule has 1 amide bonds. The number of fused-ring (bicyclic) bond motifs is 2. The van der Waals surface area contributed by atoms with E-state index in [1.807, 2.05) is 17.1 Å². The lowest BCUT2D eigenvalue weighted by Crippen LogP contribution is -2.44. The number of allylic oxidation sites excluding steroid dienone is 4. The van der Waals surface area contributed by atoms with E-state index in [0.29, 0.717) is 12.2 Å². The van der Waals surface area contributed by atoms with Crippen LogP contribution in [0.5, 0.6) is 0 Å². The van der Waals surface area contributed by atoms with Gasteiger partial charge in [-0.2, -0.15) is 0 Å². The summed E-state index contributed by atoms with van der Waals surface area (Å²) in [5, 5.41) is 0.114. The van der Waals surface area contributed by atoms with Crippen LogP contribution in [0.15, 0.2) is 72.1 Å². The molecule has 154 valence electrons. The van der Waals surface area contributed by atoms with Gasteiger partial charge in [0.1, 0.15) is 18.3 Å². The molecule has 1 aliphatic carbocycles. The summed E-state index contributed by atoms with van der Waals surface area (Å²) in [7, 11) is 0. The highest BCUT2D eigenvalue weighted by molar-refractivity contribution is 6.30. The van der Waals surface area contributed by atoms with Gasteiger partial charge in [-0.25, -0.2) is 4.39 Å². The summed E-state index contributed by atoms with van der Waals surface area (Å²) in [5.74, 6) is 0.214. The summed E-state index contributed by atoms with van der Waals surface area (Å²) in [4.78, 5) is 15.2. The molecule has 1 aromatic carbocycles. The SMILES string of the molecule is O=C(C1=COC=C(C2=CC=CCC2)O1)N1C2C=C(c3ccc(F)c(Cl)c3)CC1CC2. The molecular weight excluding hydrogens is 405 g/mol. The van der Waals surface area contributed by atoms with Crippen LogP contribution >= 0.6 is 11.6 Å². The Morgan fingerprint density at radius 1 is 1.20 bits per heavy atom. The molecule has 0 N–H and O–H groups in total. The van der Waals surface area contributed by atoms with Gasteiger partial charge in [-0.05, 0) is 60.9 Å². The summed E-state index contributed by atoms with van der Waals surface area (Å²) < 4.78 is 24.9. The molecule has 2 atom stereocenters. The largest absolute Gasteiger partial charge is 0.465 e. The Morgan fingerprint density at radius 2 is 2.10 bits per heavy atom. The zero-order valence-electron chi connectivity index (χ0n) is 16.3. The molecule has 2 unspecified atom stereocenters. The van der Waals surface area contributed by atoms with Gasteiger partial charge in [-0.3, -0.25) is 4.79 Å². The molecule has 30 heavy (non-hydrogen) atoms. The maximum absolute atomic E-state index is 13.5. The third-order valence-electron chi connectivity index (χ3n) is 6.03. The van der Waals surface area contributed by atoms with Crippen molar-refractivity contribution in [1.82, 2.24) is 4.90 Å². The molecule has 2 bridgehead atoms. The van der Waals surface area contributed by atoms with E-state index in [9.17, 15) is 9.18 Å². The normalized spacial score (nSPS) is 24.9. The van der Waals surface area contributed by atoms with Crippen LogP contribution in [0.1, 0.15) is 37.7 Å². The van der Waals surface area contributed by atoms with E-state index in [0.717, 1.165) is 42.4 Å². The summed E-state index contributed by atoms with van der Waals surface area (Å²) in [6.07, 6.45) is 15.4. The van der Waals surface area contributed by atoms with Gasteiger partial charge in [-0.1, -0.05) is 42.0 Å². The Hall–Kier alpha value is -2.79. The lowest BCUT2D eigenvalue weighted by Gasteiger charge is -2.35. The van der Waals surface area contributed by atoms with Crippen molar-refractivity contribution in [3.63, 3.8) is 0 Å². The van der Waals surface area contributed by atoms with Gasteiger partial charge < -0.3 is 14.4 Å².